The summed E-state index contributed by atoms with van der Waals surface area (Å²) in [5.74, 6) is 0.181. The van der Waals surface area contributed by atoms with E-state index in [0.717, 1.165) is 24.0 Å². The monoisotopic (exact) mass is 304 g/mol. The maximum absolute atomic E-state index is 11.7. The van der Waals surface area contributed by atoms with Crippen LogP contribution in [-0.4, -0.2) is 30.4 Å². The van der Waals surface area contributed by atoms with E-state index in [-0.39, 0.29) is 23.6 Å². The first kappa shape index (κ1) is 15.1. The van der Waals surface area contributed by atoms with Crippen molar-refractivity contribution in [2.45, 2.75) is 39.5 Å². The van der Waals surface area contributed by atoms with E-state index >= 15 is 0 Å². The van der Waals surface area contributed by atoms with Gasteiger partial charge in [0.2, 0.25) is 0 Å². The van der Waals surface area contributed by atoms with Gasteiger partial charge in [-0.3, -0.25) is 0 Å². The Morgan fingerprint density at radius 3 is 2.64 bits per heavy atom. The number of phenolic OH excluding ortho intramolecular Hbond substituents is 1. The minimum atomic E-state index is -0.379. The van der Waals surface area contributed by atoms with Crippen LogP contribution in [0.3, 0.4) is 0 Å². The summed E-state index contributed by atoms with van der Waals surface area (Å²) in [6, 6.07) is 4.96. The molecule has 0 saturated carbocycles. The number of phenols is 1. The highest BCUT2D eigenvalue weighted by Gasteiger charge is 2.27. The highest BCUT2D eigenvalue weighted by Crippen LogP contribution is 2.27. The van der Waals surface area contributed by atoms with Crippen molar-refractivity contribution in [2.75, 3.05) is 13.1 Å². The molecule has 0 amide bonds. The number of aryl methyl sites for hydroxylation is 1. The smallest absolute Gasteiger partial charge is 0.336 e. The van der Waals surface area contributed by atoms with Gasteiger partial charge in [-0.05, 0) is 38.5 Å². The number of rotatable bonds is 2. The second-order valence-electron chi connectivity index (χ2n) is 6.28. The van der Waals surface area contributed by atoms with Crippen LogP contribution >= 0.6 is 0 Å². The maximum atomic E-state index is 11.7. The van der Waals surface area contributed by atoms with Gasteiger partial charge in [0.1, 0.15) is 37.6 Å². The summed E-state index contributed by atoms with van der Waals surface area (Å²) < 4.78 is 11.1. The second-order valence-corrected chi connectivity index (χ2v) is 6.28. The summed E-state index contributed by atoms with van der Waals surface area (Å²) in [7, 11) is 0. The highest BCUT2D eigenvalue weighted by molar-refractivity contribution is 5.84. The van der Waals surface area contributed by atoms with Crippen LogP contribution < -0.4 is 10.5 Å². The molecule has 1 saturated heterocycles. The average Bonchev–Trinajstić information content (AvgIpc) is 2.41. The summed E-state index contributed by atoms with van der Waals surface area (Å²) >= 11 is 0. The van der Waals surface area contributed by atoms with Crippen molar-refractivity contribution in [3.05, 3.63) is 39.7 Å². The van der Waals surface area contributed by atoms with E-state index in [1.807, 2.05) is 6.92 Å². The Balaban J connectivity index is 2.02. The first-order chi connectivity index (χ1) is 10.4. The number of ether oxygens (including phenoxy) is 1. The number of fused-ring (bicyclic) bond motifs is 1. The molecule has 0 bridgehead atoms. The van der Waals surface area contributed by atoms with Gasteiger partial charge >= 0.3 is 5.63 Å². The largest absolute Gasteiger partial charge is 0.507 e. The molecule has 0 spiro atoms. The van der Waals surface area contributed by atoms with Gasteiger partial charge in [0.25, 0.3) is 0 Å². The van der Waals surface area contributed by atoms with Crippen molar-refractivity contribution in [3.63, 3.8) is 0 Å². The van der Waals surface area contributed by atoms with Crippen molar-refractivity contribution < 1.29 is 19.2 Å². The van der Waals surface area contributed by atoms with E-state index in [1.54, 1.807) is 12.1 Å². The standard InChI is InChI=1S/C17H21NO4/c1-10-6-16(20)22-17-13(10)4-5-15(19)14(17)9-18-7-11(2)21-12(3)8-18/h4-6,11-12,19H,7-9H2,1-3H3/p+1/t11-,12-/m0/s1. The molecule has 1 aliphatic rings. The summed E-state index contributed by atoms with van der Waals surface area (Å²) in [5.41, 5.74) is 1.70. The zero-order valence-corrected chi connectivity index (χ0v) is 13.2. The van der Waals surface area contributed by atoms with E-state index in [2.05, 4.69) is 13.8 Å². The predicted molar refractivity (Wildman–Crippen MR) is 83.3 cm³/mol. The average molecular weight is 304 g/mol. The zero-order valence-electron chi connectivity index (χ0n) is 13.2. The lowest BCUT2D eigenvalue weighted by molar-refractivity contribution is -0.928. The molecule has 3 rings (SSSR count). The SMILES string of the molecule is Cc1cc(=O)oc2c(C[NH+]3C[C@H](C)O[C@@H](C)C3)c(O)ccc12. The highest BCUT2D eigenvalue weighted by atomic mass is 16.5. The zero-order chi connectivity index (χ0) is 15.9. The molecule has 2 heterocycles. The van der Waals surface area contributed by atoms with Crippen LogP contribution in [0.25, 0.3) is 11.0 Å². The number of morpholine rings is 1. The fourth-order valence-electron chi connectivity index (χ4n) is 3.38. The van der Waals surface area contributed by atoms with Crippen LogP contribution in [0.4, 0.5) is 0 Å². The van der Waals surface area contributed by atoms with Gasteiger partial charge < -0.3 is 19.2 Å². The number of hydrogen-bond acceptors (Lipinski definition) is 4. The molecule has 2 atom stereocenters. The number of benzene rings is 1. The van der Waals surface area contributed by atoms with Crippen molar-refractivity contribution in [2.24, 2.45) is 0 Å². The lowest BCUT2D eigenvalue weighted by Crippen LogP contribution is -3.14. The molecule has 5 nitrogen and oxygen atoms in total. The Labute approximate surface area is 129 Å². The van der Waals surface area contributed by atoms with Gasteiger partial charge in [0.15, 0.2) is 5.58 Å². The fourth-order valence-corrected chi connectivity index (χ4v) is 3.38. The third-order valence-electron chi connectivity index (χ3n) is 4.24. The lowest BCUT2D eigenvalue weighted by atomic mass is 10.1. The topological polar surface area (TPSA) is 64.1 Å². The van der Waals surface area contributed by atoms with E-state index < -0.39 is 0 Å². The van der Waals surface area contributed by atoms with Gasteiger partial charge in [-0.2, -0.15) is 0 Å². The first-order valence-electron chi connectivity index (χ1n) is 7.68. The summed E-state index contributed by atoms with van der Waals surface area (Å²) in [6.45, 7) is 8.36. The molecule has 1 aliphatic heterocycles. The fraction of sp³-hybridized carbons (Fsp3) is 0.471. The van der Waals surface area contributed by atoms with Crippen LogP contribution in [0, 0.1) is 6.92 Å². The quantitative estimate of drug-likeness (QED) is 0.813. The van der Waals surface area contributed by atoms with E-state index in [9.17, 15) is 9.90 Å². The van der Waals surface area contributed by atoms with Crippen molar-refractivity contribution in [1.82, 2.24) is 0 Å². The normalized spacial score (nSPS) is 25.5. The van der Waals surface area contributed by atoms with Crippen LogP contribution in [0.1, 0.15) is 25.0 Å². The first-order valence-corrected chi connectivity index (χ1v) is 7.68. The molecular formula is C17H22NO4+. The number of nitrogens with one attached hydrogen (secondary N) is 1. The maximum Gasteiger partial charge on any atom is 0.336 e. The van der Waals surface area contributed by atoms with Gasteiger partial charge in [-0.25, -0.2) is 4.79 Å². The molecule has 22 heavy (non-hydrogen) atoms. The van der Waals surface area contributed by atoms with E-state index in [4.69, 9.17) is 9.15 Å². The Kier molecular flexibility index (Phi) is 3.93. The van der Waals surface area contributed by atoms with Gasteiger partial charge in [-0.15, -0.1) is 0 Å². The number of quaternary nitrogens is 1. The molecule has 1 aromatic heterocycles. The van der Waals surface area contributed by atoms with Crippen LogP contribution in [-0.2, 0) is 11.3 Å². The Morgan fingerprint density at radius 1 is 1.27 bits per heavy atom. The molecule has 0 aliphatic carbocycles. The Morgan fingerprint density at radius 2 is 1.95 bits per heavy atom. The predicted octanol–water partition coefficient (Wildman–Crippen LogP) is 0.999. The molecule has 1 aromatic carbocycles. The summed E-state index contributed by atoms with van der Waals surface area (Å²) in [5, 5.41) is 11.1. The Bertz CT molecular complexity index is 742. The number of hydrogen-bond donors (Lipinski definition) is 2. The second kappa shape index (κ2) is 5.74. The lowest BCUT2D eigenvalue weighted by Gasteiger charge is -2.32. The van der Waals surface area contributed by atoms with Gasteiger partial charge in [0, 0.05) is 11.5 Å². The third-order valence-corrected chi connectivity index (χ3v) is 4.24. The molecule has 1 fully saturated rings. The van der Waals surface area contributed by atoms with E-state index in [0.29, 0.717) is 17.7 Å². The summed E-state index contributed by atoms with van der Waals surface area (Å²) in [4.78, 5) is 13.0. The van der Waals surface area contributed by atoms with Crippen molar-refractivity contribution in [3.8, 4) is 5.75 Å². The number of aromatic hydroxyl groups is 1. The van der Waals surface area contributed by atoms with Crippen LogP contribution in [0.5, 0.6) is 5.75 Å². The van der Waals surface area contributed by atoms with Crippen LogP contribution in [0.2, 0.25) is 0 Å². The molecule has 2 aromatic rings. The molecule has 0 unspecified atom stereocenters. The minimum Gasteiger partial charge on any atom is -0.507 e. The molecule has 118 valence electrons. The summed E-state index contributed by atoms with van der Waals surface area (Å²) in [6.07, 6.45) is 0.370. The van der Waals surface area contributed by atoms with Gasteiger partial charge in [-0.1, -0.05) is 0 Å². The molecule has 5 heteroatoms. The Hall–Kier alpha value is -1.85. The van der Waals surface area contributed by atoms with Crippen molar-refractivity contribution in [1.29, 1.82) is 0 Å². The van der Waals surface area contributed by atoms with Gasteiger partial charge in [0.05, 0.1) is 5.56 Å². The van der Waals surface area contributed by atoms with E-state index in [1.165, 1.54) is 11.0 Å². The molecular weight excluding hydrogens is 282 g/mol. The molecule has 0 radical (unpaired) electrons. The minimum absolute atomic E-state index is 0.181. The van der Waals surface area contributed by atoms with Crippen molar-refractivity contribution >= 4 is 11.0 Å². The van der Waals surface area contributed by atoms with Crippen LogP contribution in [0.15, 0.2) is 27.4 Å². The third kappa shape index (κ3) is 2.87. The molecule has 2 N–H and O–H groups in total.